The Kier molecular flexibility index (Phi) is 17.5. The van der Waals surface area contributed by atoms with Crippen LogP contribution in [0.2, 0.25) is 0 Å². The Morgan fingerprint density at radius 2 is 1.00 bits per heavy atom. The third kappa shape index (κ3) is 14.7. The van der Waals surface area contributed by atoms with E-state index in [2.05, 4.69) is 18.7 Å². The smallest absolute Gasteiger partial charge is 0.0351 e. The van der Waals surface area contributed by atoms with Crippen molar-refractivity contribution in [1.82, 2.24) is 4.90 Å². The van der Waals surface area contributed by atoms with Crippen LogP contribution in [0.5, 0.6) is 0 Å². The highest BCUT2D eigenvalue weighted by atomic mass is 35.5. The molecule has 0 fully saturated rings. The number of hydrogen-bond acceptors (Lipinski definition) is 1. The monoisotopic (exact) mass is 303 g/mol. The van der Waals surface area contributed by atoms with E-state index in [4.69, 9.17) is 11.6 Å². The first-order chi connectivity index (χ1) is 9.85. The van der Waals surface area contributed by atoms with Crippen molar-refractivity contribution >= 4 is 11.6 Å². The van der Waals surface area contributed by atoms with Gasteiger partial charge in [0.05, 0.1) is 0 Å². The highest BCUT2D eigenvalue weighted by Gasteiger charge is 2.02. The third-order valence-corrected chi connectivity index (χ3v) is 4.23. The van der Waals surface area contributed by atoms with E-state index in [0.29, 0.717) is 0 Å². The lowest BCUT2D eigenvalue weighted by Gasteiger charge is -2.20. The summed E-state index contributed by atoms with van der Waals surface area (Å²) in [6.45, 7) is 8.11. The van der Waals surface area contributed by atoms with Crippen LogP contribution >= 0.6 is 11.6 Å². The summed E-state index contributed by atoms with van der Waals surface area (Å²) in [5, 5.41) is 0. The van der Waals surface area contributed by atoms with Crippen molar-refractivity contribution in [3.63, 3.8) is 0 Å². The zero-order chi connectivity index (χ0) is 14.9. The van der Waals surface area contributed by atoms with Crippen LogP contribution in [0, 0.1) is 0 Å². The zero-order valence-corrected chi connectivity index (χ0v) is 14.9. The minimum absolute atomic E-state index is 0.779. The Morgan fingerprint density at radius 3 is 1.50 bits per heavy atom. The van der Waals surface area contributed by atoms with E-state index in [9.17, 15) is 0 Å². The van der Waals surface area contributed by atoms with Gasteiger partial charge in [-0.15, -0.1) is 11.6 Å². The van der Waals surface area contributed by atoms with Gasteiger partial charge in [0, 0.05) is 12.4 Å². The summed E-state index contributed by atoms with van der Waals surface area (Å²) in [7, 11) is 0. The molecule has 0 aliphatic rings. The predicted molar refractivity (Wildman–Crippen MR) is 93.9 cm³/mol. The summed E-state index contributed by atoms with van der Waals surface area (Å²) >= 11 is 5.87. The number of hydrogen-bond donors (Lipinski definition) is 0. The Morgan fingerprint density at radius 1 is 0.550 bits per heavy atom. The average molecular weight is 304 g/mol. The molecule has 0 aliphatic carbocycles. The van der Waals surface area contributed by atoms with Gasteiger partial charge in [-0.05, 0) is 25.9 Å². The van der Waals surface area contributed by atoms with E-state index in [1.165, 1.54) is 90.1 Å². The lowest BCUT2D eigenvalue weighted by Crippen LogP contribution is -2.28. The second kappa shape index (κ2) is 17.3. The van der Waals surface area contributed by atoms with Crippen molar-refractivity contribution in [1.29, 1.82) is 0 Å². The largest absolute Gasteiger partial charge is 0.302 e. The van der Waals surface area contributed by atoms with E-state index in [1.807, 2.05) is 0 Å². The molecule has 0 N–H and O–H groups in total. The van der Waals surface area contributed by atoms with Gasteiger partial charge in [0.25, 0.3) is 0 Å². The quantitative estimate of drug-likeness (QED) is 0.241. The van der Waals surface area contributed by atoms with Gasteiger partial charge in [-0.3, -0.25) is 0 Å². The molecular weight excluding hydrogens is 266 g/mol. The Bertz CT molecular complexity index is 173. The number of unbranched alkanes of at least 4 members (excludes halogenated alkanes) is 10. The van der Waals surface area contributed by atoms with E-state index < -0.39 is 0 Å². The molecule has 1 nitrogen and oxygen atoms in total. The number of rotatable bonds is 16. The first-order valence-electron chi connectivity index (χ1n) is 9.13. The maximum Gasteiger partial charge on any atom is 0.0351 e. The topological polar surface area (TPSA) is 3.24 Å². The molecule has 0 aromatic rings. The van der Waals surface area contributed by atoms with Crippen LogP contribution in [-0.2, 0) is 0 Å². The standard InChI is InChI=1S/C18H38ClN/c1-3-5-7-8-9-10-11-12-13-14-17-20(18-15-19)16-6-4-2/h3-18H2,1-2H3. The number of alkyl halides is 1. The molecular formula is C18H38ClN. The Hall–Kier alpha value is 0.250. The van der Waals surface area contributed by atoms with Gasteiger partial charge in [0.1, 0.15) is 0 Å². The summed E-state index contributed by atoms with van der Waals surface area (Å²) in [5.74, 6) is 0.779. The molecule has 20 heavy (non-hydrogen) atoms. The van der Waals surface area contributed by atoms with E-state index in [-0.39, 0.29) is 0 Å². The van der Waals surface area contributed by atoms with Gasteiger partial charge >= 0.3 is 0 Å². The van der Waals surface area contributed by atoms with Crippen molar-refractivity contribution in [3.05, 3.63) is 0 Å². The van der Waals surface area contributed by atoms with Gasteiger partial charge in [0.15, 0.2) is 0 Å². The van der Waals surface area contributed by atoms with Crippen LogP contribution in [0.4, 0.5) is 0 Å². The Labute approximate surface area is 133 Å². The van der Waals surface area contributed by atoms with Crippen molar-refractivity contribution < 1.29 is 0 Å². The van der Waals surface area contributed by atoms with E-state index in [1.54, 1.807) is 0 Å². The molecule has 2 heteroatoms. The van der Waals surface area contributed by atoms with E-state index in [0.717, 1.165) is 12.4 Å². The average Bonchev–Trinajstić information content (AvgIpc) is 2.46. The molecule has 0 aromatic heterocycles. The first-order valence-corrected chi connectivity index (χ1v) is 9.66. The fourth-order valence-electron chi connectivity index (χ4n) is 2.66. The van der Waals surface area contributed by atoms with Crippen LogP contribution in [0.25, 0.3) is 0 Å². The van der Waals surface area contributed by atoms with Crippen molar-refractivity contribution in [2.24, 2.45) is 0 Å². The summed E-state index contributed by atoms with van der Waals surface area (Å²) in [4.78, 5) is 2.54. The minimum Gasteiger partial charge on any atom is -0.302 e. The molecule has 0 aromatic carbocycles. The fourth-order valence-corrected chi connectivity index (χ4v) is 2.90. The molecule has 0 radical (unpaired) electrons. The van der Waals surface area contributed by atoms with Crippen LogP contribution in [0.15, 0.2) is 0 Å². The maximum absolute atomic E-state index is 5.87. The predicted octanol–water partition coefficient (Wildman–Crippen LogP) is 6.25. The van der Waals surface area contributed by atoms with Gasteiger partial charge in [-0.25, -0.2) is 0 Å². The lowest BCUT2D eigenvalue weighted by atomic mass is 10.1. The van der Waals surface area contributed by atoms with Crippen LogP contribution in [0.1, 0.15) is 90.9 Å². The summed E-state index contributed by atoms with van der Waals surface area (Å²) in [5.41, 5.74) is 0. The van der Waals surface area contributed by atoms with Crippen molar-refractivity contribution in [2.45, 2.75) is 90.9 Å². The molecule has 0 rings (SSSR count). The van der Waals surface area contributed by atoms with Crippen molar-refractivity contribution in [2.75, 3.05) is 25.5 Å². The molecule has 0 unspecified atom stereocenters. The minimum atomic E-state index is 0.779. The summed E-state index contributed by atoms with van der Waals surface area (Å²) in [6, 6.07) is 0. The molecule has 0 saturated carbocycles. The molecule has 0 atom stereocenters. The van der Waals surface area contributed by atoms with Gasteiger partial charge in [-0.2, -0.15) is 0 Å². The molecule has 0 amide bonds. The highest BCUT2D eigenvalue weighted by Crippen LogP contribution is 2.11. The van der Waals surface area contributed by atoms with Gasteiger partial charge in [-0.1, -0.05) is 78.1 Å². The normalized spacial score (nSPS) is 11.4. The second-order valence-electron chi connectivity index (χ2n) is 6.07. The highest BCUT2D eigenvalue weighted by molar-refractivity contribution is 6.18. The summed E-state index contributed by atoms with van der Waals surface area (Å²) in [6.07, 6.45) is 16.8. The fraction of sp³-hybridized carbons (Fsp3) is 1.00. The molecule has 122 valence electrons. The molecule has 0 saturated heterocycles. The number of nitrogens with zero attached hydrogens (tertiary/aromatic N) is 1. The molecule has 0 bridgehead atoms. The van der Waals surface area contributed by atoms with Gasteiger partial charge in [0.2, 0.25) is 0 Å². The second-order valence-corrected chi connectivity index (χ2v) is 6.44. The van der Waals surface area contributed by atoms with Crippen LogP contribution < -0.4 is 0 Å². The molecule has 0 heterocycles. The summed E-state index contributed by atoms with van der Waals surface area (Å²) < 4.78 is 0. The zero-order valence-electron chi connectivity index (χ0n) is 14.1. The SMILES string of the molecule is CCCCCCCCCCCCN(CCCl)CCCC. The van der Waals surface area contributed by atoms with Crippen molar-refractivity contribution in [3.8, 4) is 0 Å². The number of halogens is 1. The van der Waals surface area contributed by atoms with Crippen LogP contribution in [-0.4, -0.2) is 30.4 Å². The third-order valence-electron chi connectivity index (χ3n) is 4.06. The van der Waals surface area contributed by atoms with Crippen LogP contribution in [0.3, 0.4) is 0 Å². The molecule has 0 aliphatic heterocycles. The van der Waals surface area contributed by atoms with E-state index >= 15 is 0 Å². The first kappa shape index (κ1) is 20.2. The Balaban J connectivity index is 3.27. The molecule has 0 spiro atoms. The van der Waals surface area contributed by atoms with Gasteiger partial charge < -0.3 is 4.90 Å². The lowest BCUT2D eigenvalue weighted by molar-refractivity contribution is 0.277. The maximum atomic E-state index is 5.87.